The molecule has 0 radical (unpaired) electrons. The molecule has 0 aliphatic carbocycles. The van der Waals surface area contributed by atoms with E-state index in [0.29, 0.717) is 24.9 Å². The number of nitrogens with zero attached hydrogens (tertiary/aromatic N) is 4. The first-order valence-electron chi connectivity index (χ1n) is 14.1. The predicted octanol–water partition coefficient (Wildman–Crippen LogP) is 5.60. The number of ether oxygens (including phenoxy) is 2. The number of methoxy groups -OCH3 is 1. The molecule has 2 aromatic carbocycles. The fraction of sp³-hybridized carbons (Fsp3) is 0.406. The van der Waals surface area contributed by atoms with Gasteiger partial charge in [-0.1, -0.05) is 12.0 Å². The topological polar surface area (TPSA) is 92.6 Å². The van der Waals surface area contributed by atoms with Gasteiger partial charge in [-0.3, -0.25) is 9.88 Å². The minimum Gasteiger partial charge on any atom is -0.508 e. The van der Waals surface area contributed by atoms with Crippen molar-refractivity contribution in [3.8, 4) is 35.4 Å². The zero-order chi connectivity index (χ0) is 30.5. The van der Waals surface area contributed by atoms with Crippen LogP contribution < -0.4 is 10.1 Å². The molecule has 0 amide bonds. The summed E-state index contributed by atoms with van der Waals surface area (Å²) >= 11 is 0. The number of anilines is 1. The molecule has 2 atom stereocenters. The van der Waals surface area contributed by atoms with Gasteiger partial charge >= 0.3 is 6.01 Å². The minimum atomic E-state index is -0.934. The lowest BCUT2D eigenvalue weighted by Crippen LogP contribution is -2.43. The van der Waals surface area contributed by atoms with Gasteiger partial charge in [0.05, 0.1) is 22.1 Å². The third-order valence-electron chi connectivity index (χ3n) is 8.58. The zero-order valence-corrected chi connectivity index (χ0v) is 24.2. The summed E-state index contributed by atoms with van der Waals surface area (Å²) in [5, 5.41) is 14.6. The maximum atomic E-state index is 16.5. The molecule has 0 spiro atoms. The maximum absolute atomic E-state index is 16.5. The summed E-state index contributed by atoms with van der Waals surface area (Å²) in [6.45, 7) is 5.40. The van der Waals surface area contributed by atoms with Crippen LogP contribution in [0.5, 0.6) is 11.8 Å². The first-order chi connectivity index (χ1) is 20.5. The molecule has 11 heteroatoms. The van der Waals surface area contributed by atoms with Gasteiger partial charge in [-0.15, -0.1) is 6.42 Å². The number of nitrogens with one attached hydrogen (secondary N) is 1. The number of phenols is 1. The molecule has 2 fully saturated rings. The van der Waals surface area contributed by atoms with Crippen molar-refractivity contribution in [2.75, 3.05) is 38.7 Å². The van der Waals surface area contributed by atoms with Crippen LogP contribution in [0.4, 0.5) is 19.0 Å². The van der Waals surface area contributed by atoms with Gasteiger partial charge in [-0.2, -0.15) is 9.97 Å². The summed E-state index contributed by atoms with van der Waals surface area (Å²) in [6.07, 6.45) is 8.19. The normalized spacial score (nSPS) is 20.4. The number of aromatic hydroxyl groups is 1. The van der Waals surface area contributed by atoms with E-state index in [2.05, 4.69) is 31.1 Å². The van der Waals surface area contributed by atoms with Crippen molar-refractivity contribution in [3.05, 3.63) is 47.7 Å². The number of rotatable bonds is 8. The molecule has 4 heterocycles. The van der Waals surface area contributed by atoms with Crippen molar-refractivity contribution in [1.29, 1.82) is 0 Å². The van der Waals surface area contributed by atoms with Gasteiger partial charge in [0.15, 0.2) is 5.82 Å². The van der Waals surface area contributed by atoms with Crippen LogP contribution in [0.15, 0.2) is 30.5 Å². The second-order valence-corrected chi connectivity index (χ2v) is 11.9. The summed E-state index contributed by atoms with van der Waals surface area (Å²) in [5.41, 5.74) is -1.28. The number of alkyl halides is 1. The molecule has 4 aromatic rings. The Morgan fingerprint density at radius 2 is 2.07 bits per heavy atom. The van der Waals surface area contributed by atoms with Crippen LogP contribution in [-0.2, 0) is 4.74 Å². The lowest BCUT2D eigenvalue weighted by Gasteiger charge is -2.30. The van der Waals surface area contributed by atoms with Crippen molar-refractivity contribution in [2.45, 2.75) is 50.4 Å². The van der Waals surface area contributed by atoms with Crippen LogP contribution in [0, 0.1) is 24.0 Å². The Morgan fingerprint density at radius 1 is 1.26 bits per heavy atom. The fourth-order valence-corrected chi connectivity index (χ4v) is 6.19. The van der Waals surface area contributed by atoms with E-state index in [1.807, 2.05) is 13.8 Å². The Bertz CT molecular complexity index is 1780. The number of fused-ring (bicyclic) bond motifs is 3. The van der Waals surface area contributed by atoms with Gasteiger partial charge in [0.2, 0.25) is 0 Å². The molecule has 43 heavy (non-hydrogen) atoms. The number of hydrogen-bond acceptors (Lipinski definition) is 8. The maximum Gasteiger partial charge on any atom is 0.319 e. The third kappa shape index (κ3) is 5.19. The minimum absolute atomic E-state index is 0.0761. The second-order valence-electron chi connectivity index (χ2n) is 11.9. The second kappa shape index (κ2) is 10.8. The first kappa shape index (κ1) is 29.0. The fourth-order valence-electron chi connectivity index (χ4n) is 6.19. The van der Waals surface area contributed by atoms with E-state index in [1.54, 1.807) is 7.11 Å². The molecule has 2 aliphatic heterocycles. The molecular weight excluding hydrogens is 559 g/mol. The molecule has 2 aromatic heterocycles. The summed E-state index contributed by atoms with van der Waals surface area (Å²) < 4.78 is 57.2. The Morgan fingerprint density at radius 3 is 2.84 bits per heavy atom. The highest BCUT2D eigenvalue weighted by molar-refractivity contribution is 6.02. The molecule has 0 unspecified atom stereocenters. The number of pyridine rings is 1. The van der Waals surface area contributed by atoms with Crippen LogP contribution in [0.3, 0.4) is 0 Å². The number of aromatic nitrogens is 3. The van der Waals surface area contributed by atoms with E-state index in [-0.39, 0.29) is 57.3 Å². The average molecular weight is 592 g/mol. The summed E-state index contributed by atoms with van der Waals surface area (Å²) in [6, 6.07) is 5.28. The van der Waals surface area contributed by atoms with Crippen LogP contribution in [0.25, 0.3) is 32.9 Å². The van der Waals surface area contributed by atoms with Gasteiger partial charge in [0, 0.05) is 43.8 Å². The first-order valence-corrected chi connectivity index (χ1v) is 14.1. The van der Waals surface area contributed by atoms with Crippen molar-refractivity contribution < 1.29 is 27.8 Å². The molecule has 224 valence electrons. The van der Waals surface area contributed by atoms with Gasteiger partial charge in [-0.05, 0) is 56.8 Å². The number of hydrogen-bond donors (Lipinski definition) is 2. The van der Waals surface area contributed by atoms with Crippen LogP contribution in [0.1, 0.15) is 38.7 Å². The van der Waals surface area contributed by atoms with E-state index in [0.717, 1.165) is 19.4 Å². The molecule has 2 saturated heterocycles. The monoisotopic (exact) mass is 591 g/mol. The van der Waals surface area contributed by atoms with E-state index in [9.17, 15) is 13.9 Å². The highest BCUT2D eigenvalue weighted by Gasteiger charge is 2.49. The van der Waals surface area contributed by atoms with Crippen molar-refractivity contribution in [2.24, 2.45) is 0 Å². The summed E-state index contributed by atoms with van der Waals surface area (Å²) in [7, 11) is 1.58. The number of halogens is 3. The number of benzene rings is 2. The molecule has 2 N–H and O–H groups in total. The standard InChI is InChI=1S/C32H32F3N5O3/c1-5-21-24(34)8-7-18-11-20(41)12-22(25(18)21)27-26(35)28-23(14-36-27)29(37-16-31(2,3)42-4)39-30(38-28)43-17-32-9-6-10-40(32)15-19(33)13-32/h1,7-8,11-12,14,19,41H,6,9-10,13,15-17H2,2-4H3,(H,37,38,39)/t19-,32+/m1/s1. The molecule has 6 rings (SSSR count). The van der Waals surface area contributed by atoms with Gasteiger partial charge in [0.1, 0.15) is 41.4 Å². The lowest BCUT2D eigenvalue weighted by atomic mass is 9.95. The van der Waals surface area contributed by atoms with Crippen LogP contribution >= 0.6 is 0 Å². The quantitative estimate of drug-likeness (QED) is 0.256. The Labute approximate surface area is 247 Å². The SMILES string of the molecule is C#Cc1c(F)ccc2cc(O)cc(-c3ncc4c(NCC(C)(C)OC)nc(OC[C@@]56CCCN5C[C@H](F)C6)nc4c3F)c12. The summed E-state index contributed by atoms with van der Waals surface area (Å²) in [4.78, 5) is 15.4. The molecule has 2 aliphatic rings. The Balaban J connectivity index is 1.48. The van der Waals surface area contributed by atoms with E-state index >= 15 is 4.39 Å². The van der Waals surface area contributed by atoms with Crippen molar-refractivity contribution in [1.82, 2.24) is 19.9 Å². The Hall–Kier alpha value is -4.14. The van der Waals surface area contributed by atoms with E-state index in [4.69, 9.17) is 15.9 Å². The Kier molecular flexibility index (Phi) is 7.30. The largest absolute Gasteiger partial charge is 0.508 e. The molecule has 8 nitrogen and oxygen atoms in total. The van der Waals surface area contributed by atoms with Gasteiger partial charge in [0.25, 0.3) is 0 Å². The van der Waals surface area contributed by atoms with Crippen molar-refractivity contribution in [3.63, 3.8) is 0 Å². The molecule has 0 bridgehead atoms. The lowest BCUT2D eigenvalue weighted by molar-refractivity contribution is 0.0343. The van der Waals surface area contributed by atoms with E-state index < -0.39 is 28.9 Å². The predicted molar refractivity (Wildman–Crippen MR) is 158 cm³/mol. The van der Waals surface area contributed by atoms with Gasteiger partial charge < -0.3 is 19.9 Å². The average Bonchev–Trinajstić information content (AvgIpc) is 3.50. The van der Waals surface area contributed by atoms with E-state index in [1.165, 1.54) is 30.5 Å². The number of phenolic OH excluding ortho intramolecular Hbond substituents is 1. The zero-order valence-electron chi connectivity index (χ0n) is 24.2. The third-order valence-corrected chi connectivity index (χ3v) is 8.58. The highest BCUT2D eigenvalue weighted by atomic mass is 19.1. The van der Waals surface area contributed by atoms with Crippen molar-refractivity contribution >= 4 is 27.5 Å². The molecular formula is C32H32F3N5O3. The summed E-state index contributed by atoms with van der Waals surface area (Å²) in [5.74, 6) is 0.955. The number of terminal acetylenes is 1. The smallest absolute Gasteiger partial charge is 0.319 e. The van der Waals surface area contributed by atoms with Gasteiger partial charge in [-0.25, -0.2) is 13.2 Å². The van der Waals surface area contributed by atoms with Crippen LogP contribution in [0.2, 0.25) is 0 Å². The molecule has 0 saturated carbocycles. The van der Waals surface area contributed by atoms with Crippen LogP contribution in [-0.4, -0.2) is 75.6 Å². The highest BCUT2D eigenvalue weighted by Crippen LogP contribution is 2.41.